The van der Waals surface area contributed by atoms with E-state index in [9.17, 15) is 18.0 Å². The largest absolute Gasteiger partial charge is 0.493 e. The zero-order valence-corrected chi connectivity index (χ0v) is 12.3. The van der Waals surface area contributed by atoms with E-state index in [1.165, 1.54) is 26.4 Å². The molecule has 0 atom stereocenters. The van der Waals surface area contributed by atoms with Crippen LogP contribution in [0, 0.1) is 0 Å². The zero-order chi connectivity index (χ0) is 17.0. The fourth-order valence-corrected chi connectivity index (χ4v) is 1.85. The van der Waals surface area contributed by atoms with Crippen LogP contribution in [0.4, 0.5) is 13.2 Å². The number of methoxy groups -OCH3 is 2. The molecule has 2 aromatic rings. The molecule has 122 valence electrons. The van der Waals surface area contributed by atoms with Crippen molar-refractivity contribution >= 4 is 12.2 Å². The molecule has 1 N–H and O–H groups in total. The summed E-state index contributed by atoms with van der Waals surface area (Å²) in [7, 11) is 2.96. The Morgan fingerprint density at radius 1 is 1.09 bits per heavy atom. The van der Waals surface area contributed by atoms with E-state index in [1.807, 2.05) is 0 Å². The molecule has 0 spiro atoms. The average Bonchev–Trinajstić information content (AvgIpc) is 2.51. The number of aromatic amines is 1. The third kappa shape index (κ3) is 4.12. The molecule has 0 aliphatic heterocycles. The van der Waals surface area contributed by atoms with Crippen LogP contribution in [0.3, 0.4) is 0 Å². The summed E-state index contributed by atoms with van der Waals surface area (Å²) < 4.78 is 48.1. The lowest BCUT2D eigenvalue weighted by molar-refractivity contribution is -0.141. The first kappa shape index (κ1) is 16.6. The van der Waals surface area contributed by atoms with Gasteiger partial charge in [-0.1, -0.05) is 12.1 Å². The summed E-state index contributed by atoms with van der Waals surface area (Å²) in [4.78, 5) is 16.4. The summed E-state index contributed by atoms with van der Waals surface area (Å²) in [5.41, 5.74) is -1.66. The Bertz CT molecular complexity index is 782. The molecule has 8 heteroatoms. The first-order valence-electron chi connectivity index (χ1n) is 6.42. The maximum absolute atomic E-state index is 12.6. The van der Waals surface area contributed by atoms with E-state index in [1.54, 1.807) is 23.2 Å². The zero-order valence-electron chi connectivity index (χ0n) is 12.3. The van der Waals surface area contributed by atoms with Crippen molar-refractivity contribution in [3.05, 3.63) is 51.7 Å². The minimum atomic E-state index is -4.64. The van der Waals surface area contributed by atoms with Gasteiger partial charge in [0.05, 0.1) is 19.9 Å². The summed E-state index contributed by atoms with van der Waals surface area (Å²) in [5, 5.41) is 0. The fraction of sp³-hybridized carbons (Fsp3) is 0.200. The van der Waals surface area contributed by atoms with Gasteiger partial charge < -0.3 is 14.5 Å². The third-order valence-corrected chi connectivity index (χ3v) is 2.92. The Labute approximate surface area is 129 Å². The van der Waals surface area contributed by atoms with E-state index in [4.69, 9.17) is 9.47 Å². The summed E-state index contributed by atoms with van der Waals surface area (Å²) >= 11 is 0. The van der Waals surface area contributed by atoms with Crippen LogP contribution >= 0.6 is 0 Å². The molecule has 0 unspecified atom stereocenters. The van der Waals surface area contributed by atoms with Crippen molar-refractivity contribution in [3.63, 3.8) is 0 Å². The Hall–Kier alpha value is -2.77. The lowest BCUT2D eigenvalue weighted by atomic mass is 10.1. The van der Waals surface area contributed by atoms with Gasteiger partial charge in [0.25, 0.3) is 0 Å². The Morgan fingerprint density at radius 2 is 1.78 bits per heavy atom. The van der Waals surface area contributed by atoms with Crippen LogP contribution in [-0.2, 0) is 6.18 Å². The number of benzene rings is 1. The van der Waals surface area contributed by atoms with E-state index < -0.39 is 17.6 Å². The predicted molar refractivity (Wildman–Crippen MR) is 78.3 cm³/mol. The van der Waals surface area contributed by atoms with Gasteiger partial charge >= 0.3 is 11.9 Å². The highest BCUT2D eigenvalue weighted by Crippen LogP contribution is 2.29. The molecular formula is C15H13F3N2O3. The van der Waals surface area contributed by atoms with Gasteiger partial charge in [0, 0.05) is 0 Å². The van der Waals surface area contributed by atoms with E-state index in [2.05, 4.69) is 4.98 Å². The molecule has 1 heterocycles. The first-order valence-corrected chi connectivity index (χ1v) is 6.42. The van der Waals surface area contributed by atoms with Crippen molar-refractivity contribution in [2.45, 2.75) is 6.18 Å². The quantitative estimate of drug-likeness (QED) is 0.938. The molecule has 0 amide bonds. The third-order valence-electron chi connectivity index (χ3n) is 2.92. The normalized spacial score (nSPS) is 11.7. The average molecular weight is 326 g/mol. The maximum Gasteiger partial charge on any atom is 0.431 e. The minimum Gasteiger partial charge on any atom is -0.493 e. The van der Waals surface area contributed by atoms with E-state index in [0.29, 0.717) is 17.1 Å². The highest BCUT2D eigenvalue weighted by atomic mass is 19.4. The number of alkyl halides is 3. The molecule has 0 aliphatic carbocycles. The summed E-state index contributed by atoms with van der Waals surface area (Å²) in [6.45, 7) is 0. The van der Waals surface area contributed by atoms with Crippen molar-refractivity contribution in [2.75, 3.05) is 14.2 Å². The Balaban J connectivity index is 2.34. The molecular weight excluding hydrogens is 313 g/mol. The first-order chi connectivity index (χ1) is 10.8. The number of halogens is 3. The second-order valence-electron chi connectivity index (χ2n) is 4.47. The van der Waals surface area contributed by atoms with Gasteiger partial charge in [0.1, 0.15) is 5.69 Å². The van der Waals surface area contributed by atoms with Gasteiger partial charge in [-0.25, -0.2) is 4.79 Å². The number of nitrogens with zero attached hydrogens (tertiary/aromatic N) is 1. The maximum atomic E-state index is 12.6. The number of H-pyrrole nitrogens is 1. The molecule has 2 rings (SSSR count). The van der Waals surface area contributed by atoms with Crippen molar-refractivity contribution in [2.24, 2.45) is 0 Å². The number of ether oxygens (including phenoxy) is 2. The molecule has 0 aliphatic rings. The molecule has 1 aromatic heterocycles. The fourth-order valence-electron chi connectivity index (χ4n) is 1.85. The van der Waals surface area contributed by atoms with Crippen molar-refractivity contribution < 1.29 is 22.6 Å². The highest BCUT2D eigenvalue weighted by molar-refractivity contribution is 5.69. The van der Waals surface area contributed by atoms with Gasteiger partial charge in [-0.05, 0) is 29.8 Å². The molecule has 0 saturated heterocycles. The van der Waals surface area contributed by atoms with Crippen molar-refractivity contribution in [1.29, 1.82) is 0 Å². The van der Waals surface area contributed by atoms with Gasteiger partial charge in [-0.3, -0.25) is 0 Å². The lowest BCUT2D eigenvalue weighted by Gasteiger charge is -2.08. The number of rotatable bonds is 4. The standard InChI is InChI=1S/C15H13F3N2O3/c1-22-11-6-4-9(7-12(11)23-2)3-5-10-8-13(15(16,17)18)20-14(21)19-10/h3-8H,1-2H3,(H,19,20,21). The number of hydrogen-bond acceptors (Lipinski definition) is 4. The summed E-state index contributed by atoms with van der Waals surface area (Å²) in [5.74, 6) is 1.00. The molecule has 0 fully saturated rings. The van der Waals surface area contributed by atoms with Crippen LogP contribution in [0.15, 0.2) is 29.1 Å². The second-order valence-corrected chi connectivity index (χ2v) is 4.47. The van der Waals surface area contributed by atoms with Crippen LogP contribution in [0.1, 0.15) is 17.0 Å². The molecule has 5 nitrogen and oxygen atoms in total. The SMILES string of the molecule is COc1ccc(C=Cc2cc(C(F)(F)F)[nH]c(=O)n2)cc1OC. The monoisotopic (exact) mass is 326 g/mol. The topological polar surface area (TPSA) is 64.2 Å². The van der Waals surface area contributed by atoms with E-state index in [-0.39, 0.29) is 5.69 Å². The van der Waals surface area contributed by atoms with Crippen LogP contribution in [0.5, 0.6) is 11.5 Å². The lowest BCUT2D eigenvalue weighted by Crippen LogP contribution is -2.19. The number of aromatic nitrogens is 2. The minimum absolute atomic E-state index is 0.101. The van der Waals surface area contributed by atoms with Crippen LogP contribution < -0.4 is 15.2 Å². The molecule has 23 heavy (non-hydrogen) atoms. The van der Waals surface area contributed by atoms with Crippen molar-refractivity contribution in [3.8, 4) is 11.5 Å². The summed E-state index contributed by atoms with van der Waals surface area (Å²) in [6, 6.07) is 5.76. The molecule has 0 bridgehead atoms. The highest BCUT2D eigenvalue weighted by Gasteiger charge is 2.32. The van der Waals surface area contributed by atoms with Crippen LogP contribution in [0.2, 0.25) is 0 Å². The van der Waals surface area contributed by atoms with E-state index in [0.717, 1.165) is 6.07 Å². The second kappa shape index (κ2) is 6.55. The summed E-state index contributed by atoms with van der Waals surface area (Å²) in [6.07, 6.45) is -1.82. The smallest absolute Gasteiger partial charge is 0.431 e. The van der Waals surface area contributed by atoms with Gasteiger partial charge in [0.15, 0.2) is 11.5 Å². The molecule has 1 aromatic carbocycles. The van der Waals surface area contributed by atoms with Gasteiger partial charge in [-0.2, -0.15) is 18.2 Å². The Kier molecular flexibility index (Phi) is 4.73. The molecule has 0 saturated carbocycles. The van der Waals surface area contributed by atoms with Crippen molar-refractivity contribution in [1.82, 2.24) is 9.97 Å². The van der Waals surface area contributed by atoms with Crippen LogP contribution in [0.25, 0.3) is 12.2 Å². The number of nitrogens with one attached hydrogen (secondary N) is 1. The Morgan fingerprint density at radius 3 is 2.39 bits per heavy atom. The molecule has 0 radical (unpaired) electrons. The number of hydrogen-bond donors (Lipinski definition) is 1. The van der Waals surface area contributed by atoms with Crippen LogP contribution in [-0.4, -0.2) is 24.2 Å². The predicted octanol–water partition coefficient (Wildman–Crippen LogP) is 2.98. The van der Waals surface area contributed by atoms with Gasteiger partial charge in [0.2, 0.25) is 0 Å². The van der Waals surface area contributed by atoms with Gasteiger partial charge in [-0.15, -0.1) is 0 Å². The van der Waals surface area contributed by atoms with E-state index >= 15 is 0 Å².